The molecular weight excluding hydrogens is 210 g/mol. The van der Waals surface area contributed by atoms with Crippen molar-refractivity contribution in [2.24, 2.45) is 5.73 Å². The van der Waals surface area contributed by atoms with Crippen LogP contribution in [0.25, 0.3) is 0 Å². The molecule has 1 saturated carbocycles. The van der Waals surface area contributed by atoms with Crippen molar-refractivity contribution in [3.8, 4) is 5.75 Å². The Kier molecular flexibility index (Phi) is 3.43. The first-order valence-corrected chi connectivity index (χ1v) is 6.60. The second kappa shape index (κ2) is 4.69. The summed E-state index contributed by atoms with van der Waals surface area (Å²) in [7, 11) is 0. The van der Waals surface area contributed by atoms with Crippen LogP contribution in [0.2, 0.25) is 0 Å². The zero-order valence-corrected chi connectivity index (χ0v) is 10.9. The van der Waals surface area contributed by atoms with Crippen LogP contribution in [0.15, 0.2) is 12.1 Å². The molecule has 2 nitrogen and oxygen atoms in total. The summed E-state index contributed by atoms with van der Waals surface area (Å²) in [4.78, 5) is 0. The van der Waals surface area contributed by atoms with E-state index in [0.717, 1.165) is 17.7 Å². The van der Waals surface area contributed by atoms with E-state index in [-0.39, 0.29) is 5.41 Å². The third-order valence-corrected chi connectivity index (χ3v) is 4.30. The SMILES string of the molecule is Cc1cc(C2(CN)CCCCC2)cc(C)c1O. The van der Waals surface area contributed by atoms with Gasteiger partial charge in [0.2, 0.25) is 0 Å². The Morgan fingerprint density at radius 1 is 1.12 bits per heavy atom. The number of rotatable bonds is 2. The molecule has 2 rings (SSSR count). The van der Waals surface area contributed by atoms with Crippen LogP contribution < -0.4 is 5.73 Å². The molecule has 0 heterocycles. The van der Waals surface area contributed by atoms with Gasteiger partial charge < -0.3 is 10.8 Å². The van der Waals surface area contributed by atoms with Crippen LogP contribution in [-0.4, -0.2) is 11.7 Å². The molecule has 1 aliphatic carbocycles. The summed E-state index contributed by atoms with van der Waals surface area (Å²) in [6.07, 6.45) is 6.25. The predicted octanol–water partition coefficient (Wildman–Crippen LogP) is 3.17. The highest BCUT2D eigenvalue weighted by molar-refractivity contribution is 5.45. The average Bonchev–Trinajstić information content (AvgIpc) is 2.36. The molecule has 0 radical (unpaired) electrons. The molecule has 0 amide bonds. The highest BCUT2D eigenvalue weighted by Gasteiger charge is 2.32. The number of phenols is 1. The lowest BCUT2D eigenvalue weighted by atomic mass is 9.69. The van der Waals surface area contributed by atoms with Crippen molar-refractivity contribution in [2.45, 2.75) is 51.4 Å². The van der Waals surface area contributed by atoms with Crippen LogP contribution >= 0.6 is 0 Å². The lowest BCUT2D eigenvalue weighted by Gasteiger charge is -2.37. The fraction of sp³-hybridized carbons (Fsp3) is 0.600. The predicted molar refractivity (Wildman–Crippen MR) is 71.4 cm³/mol. The zero-order valence-electron chi connectivity index (χ0n) is 10.9. The van der Waals surface area contributed by atoms with E-state index < -0.39 is 0 Å². The normalized spacial score (nSPS) is 19.2. The lowest BCUT2D eigenvalue weighted by molar-refractivity contribution is 0.300. The minimum atomic E-state index is 0.154. The van der Waals surface area contributed by atoms with Crippen LogP contribution in [-0.2, 0) is 5.41 Å². The van der Waals surface area contributed by atoms with Gasteiger partial charge in [0.25, 0.3) is 0 Å². The van der Waals surface area contributed by atoms with Gasteiger partial charge in [0.05, 0.1) is 0 Å². The molecule has 0 bridgehead atoms. The van der Waals surface area contributed by atoms with Crippen LogP contribution in [0.4, 0.5) is 0 Å². The first-order chi connectivity index (χ1) is 8.09. The van der Waals surface area contributed by atoms with Crippen molar-refractivity contribution in [3.63, 3.8) is 0 Å². The molecule has 2 heteroatoms. The largest absolute Gasteiger partial charge is 0.507 e. The third-order valence-electron chi connectivity index (χ3n) is 4.30. The van der Waals surface area contributed by atoms with Gasteiger partial charge in [-0.2, -0.15) is 0 Å². The molecule has 0 spiro atoms. The Morgan fingerprint density at radius 3 is 2.12 bits per heavy atom. The average molecular weight is 233 g/mol. The number of aromatic hydroxyl groups is 1. The Morgan fingerprint density at radius 2 is 1.65 bits per heavy atom. The molecule has 0 unspecified atom stereocenters. The van der Waals surface area contributed by atoms with E-state index in [1.165, 1.54) is 37.7 Å². The van der Waals surface area contributed by atoms with Gasteiger partial charge >= 0.3 is 0 Å². The summed E-state index contributed by atoms with van der Waals surface area (Å²) >= 11 is 0. The Hall–Kier alpha value is -1.02. The highest BCUT2D eigenvalue weighted by atomic mass is 16.3. The van der Waals surface area contributed by atoms with Gasteiger partial charge in [-0.15, -0.1) is 0 Å². The van der Waals surface area contributed by atoms with Crippen molar-refractivity contribution < 1.29 is 5.11 Å². The fourth-order valence-corrected chi connectivity index (χ4v) is 3.10. The lowest BCUT2D eigenvalue weighted by Crippen LogP contribution is -2.37. The maximum absolute atomic E-state index is 9.85. The van der Waals surface area contributed by atoms with Crippen molar-refractivity contribution in [3.05, 3.63) is 28.8 Å². The topological polar surface area (TPSA) is 46.2 Å². The molecule has 17 heavy (non-hydrogen) atoms. The Labute approximate surface area is 104 Å². The van der Waals surface area contributed by atoms with E-state index in [2.05, 4.69) is 12.1 Å². The number of aryl methyl sites for hydroxylation is 2. The molecule has 3 N–H and O–H groups in total. The summed E-state index contributed by atoms with van der Waals surface area (Å²) in [5.74, 6) is 0.428. The minimum Gasteiger partial charge on any atom is -0.507 e. The second-order valence-electron chi connectivity index (χ2n) is 5.50. The van der Waals surface area contributed by atoms with Gasteiger partial charge in [-0.25, -0.2) is 0 Å². The molecular formula is C15H23NO. The van der Waals surface area contributed by atoms with Gasteiger partial charge in [0, 0.05) is 12.0 Å². The third kappa shape index (κ3) is 2.19. The number of hydrogen-bond acceptors (Lipinski definition) is 2. The summed E-state index contributed by atoms with van der Waals surface area (Å²) < 4.78 is 0. The quantitative estimate of drug-likeness (QED) is 0.824. The first kappa shape index (κ1) is 12.4. The van der Waals surface area contributed by atoms with Gasteiger partial charge in [-0.1, -0.05) is 31.4 Å². The number of hydrogen-bond donors (Lipinski definition) is 2. The van der Waals surface area contributed by atoms with E-state index in [9.17, 15) is 5.11 Å². The molecule has 1 aliphatic rings. The van der Waals surface area contributed by atoms with E-state index in [4.69, 9.17) is 5.73 Å². The Balaban J connectivity index is 2.43. The fourth-order valence-electron chi connectivity index (χ4n) is 3.10. The van der Waals surface area contributed by atoms with Crippen LogP contribution in [0.5, 0.6) is 5.75 Å². The van der Waals surface area contributed by atoms with E-state index in [1.807, 2.05) is 13.8 Å². The number of nitrogens with two attached hydrogens (primary N) is 1. The van der Waals surface area contributed by atoms with E-state index in [1.54, 1.807) is 0 Å². The molecule has 0 atom stereocenters. The standard InChI is InChI=1S/C15H23NO/c1-11-8-13(9-12(2)14(11)17)15(10-16)6-4-3-5-7-15/h8-9,17H,3-7,10,16H2,1-2H3. The van der Waals surface area contributed by atoms with Gasteiger partial charge in [-0.3, -0.25) is 0 Å². The van der Waals surface area contributed by atoms with E-state index >= 15 is 0 Å². The van der Waals surface area contributed by atoms with Gasteiger partial charge in [0.1, 0.15) is 5.75 Å². The van der Waals surface area contributed by atoms with Gasteiger partial charge in [-0.05, 0) is 43.4 Å². The molecule has 0 saturated heterocycles. The molecule has 1 aromatic carbocycles. The van der Waals surface area contributed by atoms with Crippen molar-refractivity contribution in [1.29, 1.82) is 0 Å². The number of phenolic OH excluding ortho intramolecular Hbond substituents is 1. The maximum atomic E-state index is 9.85. The van der Waals surface area contributed by atoms with Crippen LogP contribution in [0.3, 0.4) is 0 Å². The van der Waals surface area contributed by atoms with Crippen molar-refractivity contribution in [2.75, 3.05) is 6.54 Å². The summed E-state index contributed by atoms with van der Waals surface area (Å²) in [5, 5.41) is 9.85. The molecule has 94 valence electrons. The van der Waals surface area contributed by atoms with Crippen LogP contribution in [0.1, 0.15) is 48.8 Å². The van der Waals surface area contributed by atoms with Crippen molar-refractivity contribution in [1.82, 2.24) is 0 Å². The van der Waals surface area contributed by atoms with Crippen molar-refractivity contribution >= 4 is 0 Å². The molecule has 0 aliphatic heterocycles. The summed E-state index contributed by atoms with van der Waals surface area (Å²) in [6, 6.07) is 4.25. The van der Waals surface area contributed by atoms with Crippen LogP contribution in [0, 0.1) is 13.8 Å². The molecule has 0 aromatic heterocycles. The maximum Gasteiger partial charge on any atom is 0.121 e. The smallest absolute Gasteiger partial charge is 0.121 e. The number of benzene rings is 1. The monoisotopic (exact) mass is 233 g/mol. The molecule has 1 aromatic rings. The first-order valence-electron chi connectivity index (χ1n) is 6.60. The zero-order chi connectivity index (χ0) is 12.5. The Bertz CT molecular complexity index is 382. The van der Waals surface area contributed by atoms with Gasteiger partial charge in [0.15, 0.2) is 0 Å². The van der Waals surface area contributed by atoms with E-state index in [0.29, 0.717) is 5.75 Å². The summed E-state index contributed by atoms with van der Waals surface area (Å²) in [5.41, 5.74) is 9.47. The minimum absolute atomic E-state index is 0.154. The second-order valence-corrected chi connectivity index (χ2v) is 5.50. The highest BCUT2D eigenvalue weighted by Crippen LogP contribution is 2.40. The molecule has 1 fully saturated rings. The summed E-state index contributed by atoms with van der Waals surface area (Å²) in [6.45, 7) is 4.66.